The van der Waals surface area contributed by atoms with Gasteiger partial charge in [-0.1, -0.05) is 10.6 Å². The van der Waals surface area contributed by atoms with E-state index in [4.69, 9.17) is 5.84 Å². The third kappa shape index (κ3) is 3.26. The second-order valence-electron chi connectivity index (χ2n) is 4.24. The molecular formula is C11H17N5S2. The Morgan fingerprint density at radius 1 is 1.56 bits per heavy atom. The molecule has 2 heterocycles. The summed E-state index contributed by atoms with van der Waals surface area (Å²) in [6, 6.07) is 4.72. The van der Waals surface area contributed by atoms with Crippen molar-refractivity contribution in [2.45, 2.75) is 25.9 Å². The predicted octanol–water partition coefficient (Wildman–Crippen LogP) is 1.95. The minimum atomic E-state index is 0.455. The molecule has 0 fully saturated rings. The molecule has 0 aliphatic rings. The van der Waals surface area contributed by atoms with E-state index in [2.05, 4.69) is 51.4 Å². The van der Waals surface area contributed by atoms with Crippen molar-refractivity contribution in [3.63, 3.8) is 0 Å². The molecule has 2 aromatic rings. The molecule has 1 unspecified atom stereocenters. The van der Waals surface area contributed by atoms with Crippen LogP contribution in [0.3, 0.4) is 0 Å². The number of nitrogens with two attached hydrogens (primary N) is 1. The first-order chi connectivity index (χ1) is 8.70. The molecule has 0 amide bonds. The second kappa shape index (κ2) is 6.24. The highest BCUT2D eigenvalue weighted by Gasteiger charge is 2.15. The topological polar surface area (TPSA) is 67.1 Å². The first-order valence-electron chi connectivity index (χ1n) is 5.71. The lowest BCUT2D eigenvalue weighted by Crippen LogP contribution is -2.30. The van der Waals surface area contributed by atoms with Gasteiger partial charge in [-0.25, -0.2) is 5.84 Å². The maximum absolute atomic E-state index is 5.42. The van der Waals surface area contributed by atoms with Crippen LogP contribution in [0.1, 0.15) is 17.5 Å². The number of hydrogen-bond acceptors (Lipinski definition) is 7. The Labute approximate surface area is 115 Å². The van der Waals surface area contributed by atoms with E-state index in [0.29, 0.717) is 6.04 Å². The van der Waals surface area contributed by atoms with E-state index in [-0.39, 0.29) is 0 Å². The highest BCUT2D eigenvalue weighted by molar-refractivity contribution is 7.10. The Kier molecular flexibility index (Phi) is 4.65. The van der Waals surface area contributed by atoms with Crippen LogP contribution in [0.15, 0.2) is 17.5 Å². The van der Waals surface area contributed by atoms with Crippen LogP contribution in [-0.4, -0.2) is 27.6 Å². The SMILES string of the molecule is CC(Cc1cccs1)N(C)Cc1nnsc1NN. The first kappa shape index (κ1) is 13.4. The number of likely N-dealkylation sites (N-methyl/N-ethyl adjacent to an activating group) is 1. The second-order valence-corrected chi connectivity index (χ2v) is 6.03. The number of nitrogen functional groups attached to an aromatic ring is 1. The molecule has 2 aromatic heterocycles. The van der Waals surface area contributed by atoms with E-state index in [1.165, 1.54) is 16.4 Å². The molecule has 98 valence electrons. The fourth-order valence-electron chi connectivity index (χ4n) is 1.69. The van der Waals surface area contributed by atoms with Gasteiger partial charge in [0.05, 0.1) is 0 Å². The summed E-state index contributed by atoms with van der Waals surface area (Å²) < 4.78 is 3.91. The number of thiophene rings is 1. The molecular weight excluding hydrogens is 266 g/mol. The van der Waals surface area contributed by atoms with Crippen molar-refractivity contribution < 1.29 is 0 Å². The molecule has 0 saturated carbocycles. The maximum atomic E-state index is 5.42. The summed E-state index contributed by atoms with van der Waals surface area (Å²) in [6.45, 7) is 2.97. The Hall–Kier alpha value is -1.02. The number of nitrogens with one attached hydrogen (secondary N) is 1. The third-order valence-electron chi connectivity index (χ3n) is 2.92. The number of hydrogen-bond donors (Lipinski definition) is 2. The number of hydrazine groups is 1. The minimum Gasteiger partial charge on any atom is -0.313 e. The van der Waals surface area contributed by atoms with Gasteiger partial charge in [-0.2, -0.15) is 0 Å². The molecule has 7 heteroatoms. The van der Waals surface area contributed by atoms with Crippen molar-refractivity contribution >= 4 is 27.9 Å². The van der Waals surface area contributed by atoms with Crippen LogP contribution < -0.4 is 11.3 Å². The maximum Gasteiger partial charge on any atom is 0.148 e. The number of anilines is 1. The summed E-state index contributed by atoms with van der Waals surface area (Å²) in [4.78, 5) is 3.67. The molecule has 1 atom stereocenters. The van der Waals surface area contributed by atoms with Crippen molar-refractivity contribution in [1.82, 2.24) is 14.5 Å². The molecule has 0 aromatic carbocycles. The molecule has 3 N–H and O–H groups in total. The standard InChI is InChI=1S/C11H17N5S2/c1-8(6-9-4-3-5-17-9)16(2)7-10-11(13-12)18-15-14-10/h3-5,8,13H,6-7,12H2,1-2H3. The number of aromatic nitrogens is 2. The zero-order valence-electron chi connectivity index (χ0n) is 10.5. The highest BCUT2D eigenvalue weighted by Crippen LogP contribution is 2.19. The Morgan fingerprint density at radius 2 is 2.39 bits per heavy atom. The summed E-state index contributed by atoms with van der Waals surface area (Å²) in [7, 11) is 2.10. The highest BCUT2D eigenvalue weighted by atomic mass is 32.1. The summed E-state index contributed by atoms with van der Waals surface area (Å²) in [5.41, 5.74) is 3.54. The van der Waals surface area contributed by atoms with Gasteiger partial charge in [-0.05, 0) is 31.8 Å². The fraction of sp³-hybridized carbons (Fsp3) is 0.455. The van der Waals surface area contributed by atoms with Crippen molar-refractivity contribution in [1.29, 1.82) is 0 Å². The van der Waals surface area contributed by atoms with E-state index >= 15 is 0 Å². The Morgan fingerprint density at radius 3 is 3.06 bits per heavy atom. The van der Waals surface area contributed by atoms with Crippen molar-refractivity contribution in [3.05, 3.63) is 28.1 Å². The largest absolute Gasteiger partial charge is 0.313 e. The molecule has 0 aliphatic carbocycles. The summed E-state index contributed by atoms with van der Waals surface area (Å²) in [5, 5.41) is 7.05. The lowest BCUT2D eigenvalue weighted by molar-refractivity contribution is 0.246. The van der Waals surface area contributed by atoms with Crippen molar-refractivity contribution in [3.8, 4) is 0 Å². The van der Waals surface area contributed by atoms with Gasteiger partial charge >= 0.3 is 0 Å². The molecule has 0 spiro atoms. The van der Waals surface area contributed by atoms with Crippen LogP contribution in [0.25, 0.3) is 0 Å². The average molecular weight is 283 g/mol. The lowest BCUT2D eigenvalue weighted by atomic mass is 10.2. The first-order valence-corrected chi connectivity index (χ1v) is 7.36. The van der Waals surface area contributed by atoms with Crippen LogP contribution in [0.2, 0.25) is 0 Å². The van der Waals surface area contributed by atoms with E-state index in [1.54, 1.807) is 11.3 Å². The van der Waals surface area contributed by atoms with Gasteiger partial charge in [-0.3, -0.25) is 4.90 Å². The van der Waals surface area contributed by atoms with Gasteiger partial charge < -0.3 is 5.43 Å². The average Bonchev–Trinajstić information content (AvgIpc) is 2.99. The molecule has 0 radical (unpaired) electrons. The quantitative estimate of drug-likeness (QED) is 0.626. The molecule has 0 saturated heterocycles. The molecule has 2 rings (SSSR count). The van der Waals surface area contributed by atoms with E-state index in [9.17, 15) is 0 Å². The normalized spacial score (nSPS) is 12.9. The summed E-state index contributed by atoms with van der Waals surface area (Å²) >= 11 is 3.09. The van der Waals surface area contributed by atoms with Crippen LogP contribution in [0.5, 0.6) is 0 Å². The van der Waals surface area contributed by atoms with Gasteiger partial charge in [0, 0.05) is 29.0 Å². The van der Waals surface area contributed by atoms with Crippen LogP contribution in [0.4, 0.5) is 5.00 Å². The zero-order valence-corrected chi connectivity index (χ0v) is 12.1. The van der Waals surface area contributed by atoms with Gasteiger partial charge in [0.15, 0.2) is 0 Å². The van der Waals surface area contributed by atoms with Crippen molar-refractivity contribution in [2.24, 2.45) is 5.84 Å². The predicted molar refractivity (Wildman–Crippen MR) is 76.7 cm³/mol. The van der Waals surface area contributed by atoms with Gasteiger partial charge in [-0.15, -0.1) is 16.4 Å². The smallest absolute Gasteiger partial charge is 0.148 e. The van der Waals surface area contributed by atoms with E-state index in [1.807, 2.05) is 0 Å². The molecule has 5 nitrogen and oxygen atoms in total. The Balaban J connectivity index is 1.93. The summed E-state index contributed by atoms with van der Waals surface area (Å²) in [5.74, 6) is 5.42. The van der Waals surface area contributed by atoms with Gasteiger partial charge in [0.1, 0.15) is 10.7 Å². The van der Waals surface area contributed by atoms with E-state index < -0.39 is 0 Å². The Bertz CT molecular complexity index is 467. The molecule has 18 heavy (non-hydrogen) atoms. The third-order valence-corrected chi connectivity index (χ3v) is 4.51. The molecule has 0 aliphatic heterocycles. The lowest BCUT2D eigenvalue weighted by Gasteiger charge is -2.23. The fourth-order valence-corrected chi connectivity index (χ4v) is 3.00. The van der Waals surface area contributed by atoms with Gasteiger partial charge in [0.2, 0.25) is 0 Å². The zero-order chi connectivity index (χ0) is 13.0. The van der Waals surface area contributed by atoms with Crippen LogP contribution >= 0.6 is 22.9 Å². The van der Waals surface area contributed by atoms with E-state index in [0.717, 1.165) is 23.7 Å². The van der Waals surface area contributed by atoms with Gasteiger partial charge in [0.25, 0.3) is 0 Å². The minimum absolute atomic E-state index is 0.455. The monoisotopic (exact) mass is 283 g/mol. The number of nitrogens with zero attached hydrogens (tertiary/aromatic N) is 3. The van der Waals surface area contributed by atoms with Crippen LogP contribution in [0, 0.1) is 0 Å². The molecule has 0 bridgehead atoms. The summed E-state index contributed by atoms with van der Waals surface area (Å²) in [6.07, 6.45) is 1.05. The van der Waals surface area contributed by atoms with Crippen molar-refractivity contribution in [2.75, 3.05) is 12.5 Å². The van der Waals surface area contributed by atoms with Crippen LogP contribution in [-0.2, 0) is 13.0 Å². The number of rotatable bonds is 6.